The van der Waals surface area contributed by atoms with Crippen LogP contribution in [-0.4, -0.2) is 46.5 Å². The predicted molar refractivity (Wildman–Crippen MR) is 130 cm³/mol. The second-order valence-corrected chi connectivity index (χ2v) is 11.1. The molecule has 1 amide bonds. The Balaban J connectivity index is 1.25. The molecule has 184 valence electrons. The van der Waals surface area contributed by atoms with E-state index in [1.165, 1.54) is 22.9 Å². The van der Waals surface area contributed by atoms with Gasteiger partial charge in [-0.25, -0.2) is 12.8 Å². The number of rotatable bonds is 5. The first-order valence-electron chi connectivity index (χ1n) is 12.0. The zero-order valence-electron chi connectivity index (χ0n) is 19.4. The number of piperidine rings is 1. The van der Waals surface area contributed by atoms with Gasteiger partial charge in [0.15, 0.2) is 5.82 Å². The van der Waals surface area contributed by atoms with Crippen molar-refractivity contribution in [2.24, 2.45) is 5.92 Å². The second-order valence-electron chi connectivity index (χ2n) is 9.12. The molecule has 0 bridgehead atoms. The number of fused-ring (bicyclic) bond motifs is 1. The molecule has 1 N–H and O–H groups in total. The fourth-order valence-electron chi connectivity index (χ4n) is 4.78. The van der Waals surface area contributed by atoms with Gasteiger partial charge in [0.25, 0.3) is 0 Å². The monoisotopic (exact) mass is 497 g/mol. The summed E-state index contributed by atoms with van der Waals surface area (Å²) in [5, 5.41) is 11.6. The Labute approximate surface area is 204 Å². The third kappa shape index (κ3) is 4.99. The summed E-state index contributed by atoms with van der Waals surface area (Å²) in [6, 6.07) is 12.3. The molecule has 35 heavy (non-hydrogen) atoms. The van der Waals surface area contributed by atoms with Gasteiger partial charge in [-0.15, -0.1) is 10.2 Å². The molecule has 2 aliphatic heterocycles. The predicted octanol–water partition coefficient (Wildman–Crippen LogP) is 3.85. The molecule has 2 aliphatic rings. The van der Waals surface area contributed by atoms with Gasteiger partial charge in [-0.3, -0.25) is 4.79 Å². The van der Waals surface area contributed by atoms with Crippen molar-refractivity contribution in [2.75, 3.05) is 18.4 Å². The number of sulfonamides is 1. The van der Waals surface area contributed by atoms with E-state index in [2.05, 4.69) is 20.1 Å². The van der Waals surface area contributed by atoms with Crippen LogP contribution in [0.5, 0.6) is 0 Å². The quantitative estimate of drug-likeness (QED) is 0.578. The highest BCUT2D eigenvalue weighted by Crippen LogP contribution is 2.27. The maximum atomic E-state index is 13.2. The highest BCUT2D eigenvalue weighted by atomic mass is 32.2. The Morgan fingerprint density at radius 3 is 2.49 bits per heavy atom. The number of amides is 1. The van der Waals surface area contributed by atoms with E-state index < -0.39 is 21.8 Å². The van der Waals surface area contributed by atoms with Crippen LogP contribution in [0, 0.1) is 11.7 Å². The number of benzene rings is 2. The third-order valence-corrected chi connectivity index (χ3v) is 8.61. The number of carbonyl (C=O) groups is 1. The highest BCUT2D eigenvalue weighted by Gasteiger charge is 2.33. The summed E-state index contributed by atoms with van der Waals surface area (Å²) in [5.41, 5.74) is 1.59. The van der Waals surface area contributed by atoms with Crippen LogP contribution in [0.2, 0.25) is 0 Å². The lowest BCUT2D eigenvalue weighted by molar-refractivity contribution is -0.120. The molecule has 0 aliphatic carbocycles. The molecule has 1 fully saturated rings. The molecule has 0 spiro atoms. The van der Waals surface area contributed by atoms with Gasteiger partial charge in [0, 0.05) is 37.3 Å². The largest absolute Gasteiger partial charge is 0.326 e. The zero-order valence-corrected chi connectivity index (χ0v) is 20.2. The van der Waals surface area contributed by atoms with Crippen molar-refractivity contribution >= 4 is 21.6 Å². The maximum Gasteiger partial charge on any atom is 0.243 e. The number of nitrogens with zero attached hydrogens (tertiary/aromatic N) is 4. The molecule has 0 saturated carbocycles. The van der Waals surface area contributed by atoms with Crippen molar-refractivity contribution in [1.29, 1.82) is 0 Å². The van der Waals surface area contributed by atoms with E-state index in [1.807, 2.05) is 24.3 Å². The first kappa shape index (κ1) is 23.6. The van der Waals surface area contributed by atoms with Crippen LogP contribution >= 0.6 is 0 Å². The zero-order chi connectivity index (χ0) is 24.4. The normalized spacial score (nSPS) is 19.1. The summed E-state index contributed by atoms with van der Waals surface area (Å²) in [5.74, 6) is 0.685. The number of aromatic nitrogens is 3. The van der Waals surface area contributed by atoms with Gasteiger partial charge < -0.3 is 9.88 Å². The number of anilines is 1. The summed E-state index contributed by atoms with van der Waals surface area (Å²) in [4.78, 5) is 13.0. The highest BCUT2D eigenvalue weighted by molar-refractivity contribution is 7.89. The molecule has 1 aromatic heterocycles. The van der Waals surface area contributed by atoms with Crippen LogP contribution in [0.25, 0.3) is 11.4 Å². The Morgan fingerprint density at radius 1 is 0.943 bits per heavy atom. The van der Waals surface area contributed by atoms with Crippen LogP contribution in [-0.2, 0) is 27.8 Å². The van der Waals surface area contributed by atoms with Gasteiger partial charge >= 0.3 is 0 Å². The number of halogens is 1. The Bertz CT molecular complexity index is 1310. The molecule has 0 unspecified atom stereocenters. The lowest BCUT2D eigenvalue weighted by Crippen LogP contribution is -2.43. The molecule has 1 atom stereocenters. The lowest BCUT2D eigenvalue weighted by Gasteiger charge is -2.31. The number of hydrogen-bond donors (Lipinski definition) is 1. The smallest absolute Gasteiger partial charge is 0.243 e. The minimum Gasteiger partial charge on any atom is -0.326 e. The summed E-state index contributed by atoms with van der Waals surface area (Å²) in [7, 11) is -3.79. The van der Waals surface area contributed by atoms with Crippen LogP contribution < -0.4 is 5.32 Å². The van der Waals surface area contributed by atoms with E-state index in [9.17, 15) is 17.6 Å². The molecule has 2 aromatic carbocycles. The van der Waals surface area contributed by atoms with Crippen molar-refractivity contribution in [3.63, 3.8) is 0 Å². The first-order valence-corrected chi connectivity index (χ1v) is 13.4. The van der Waals surface area contributed by atoms with Crippen molar-refractivity contribution in [1.82, 2.24) is 19.1 Å². The van der Waals surface area contributed by atoms with Crippen molar-refractivity contribution < 1.29 is 17.6 Å². The minimum absolute atomic E-state index is 0.0296. The summed E-state index contributed by atoms with van der Waals surface area (Å²) in [6.07, 6.45) is 5.56. The fourth-order valence-corrected chi connectivity index (χ4v) is 6.30. The van der Waals surface area contributed by atoms with E-state index in [-0.39, 0.29) is 17.3 Å². The molecule has 8 nitrogen and oxygen atoms in total. The molecular weight excluding hydrogens is 469 g/mol. The van der Waals surface area contributed by atoms with Gasteiger partial charge in [0.05, 0.1) is 10.8 Å². The molecule has 10 heteroatoms. The van der Waals surface area contributed by atoms with Crippen LogP contribution in [0.4, 0.5) is 10.1 Å². The van der Waals surface area contributed by atoms with E-state index in [0.717, 1.165) is 55.2 Å². The van der Waals surface area contributed by atoms with Crippen LogP contribution in [0.15, 0.2) is 53.4 Å². The average molecular weight is 498 g/mol. The third-order valence-electron chi connectivity index (χ3n) is 6.73. The SMILES string of the molecule is O=C(Nc1ccc(-c2nnc3n2CCCCC3)cc1)[C@@H]1CCCN(S(=O)(=O)c2ccc(F)cc2)C1. The Hall–Kier alpha value is -3.11. The second kappa shape index (κ2) is 9.87. The molecule has 3 aromatic rings. The van der Waals surface area contributed by atoms with Gasteiger partial charge in [0.2, 0.25) is 15.9 Å². The Kier molecular flexibility index (Phi) is 6.66. The summed E-state index contributed by atoms with van der Waals surface area (Å²) >= 11 is 0. The van der Waals surface area contributed by atoms with Gasteiger partial charge in [-0.05, 0) is 74.2 Å². The van der Waals surface area contributed by atoms with Crippen molar-refractivity contribution in [3.8, 4) is 11.4 Å². The molecular formula is C25H28FN5O3S. The molecule has 5 rings (SSSR count). The number of carbonyl (C=O) groups excluding carboxylic acids is 1. The van der Waals surface area contributed by atoms with Gasteiger partial charge in [-0.1, -0.05) is 6.42 Å². The van der Waals surface area contributed by atoms with Crippen molar-refractivity contribution in [3.05, 3.63) is 60.2 Å². The van der Waals surface area contributed by atoms with E-state index in [1.54, 1.807) is 0 Å². The number of hydrogen-bond acceptors (Lipinski definition) is 5. The Morgan fingerprint density at radius 2 is 1.71 bits per heavy atom. The van der Waals surface area contributed by atoms with Crippen LogP contribution in [0.3, 0.4) is 0 Å². The van der Waals surface area contributed by atoms with E-state index >= 15 is 0 Å². The van der Waals surface area contributed by atoms with Gasteiger partial charge in [-0.2, -0.15) is 4.31 Å². The standard InChI is InChI=1S/C25H28FN5O3S/c26-20-9-13-22(14-10-20)35(33,34)30-15-4-5-19(17-30)25(32)27-21-11-7-18(8-12-21)24-29-28-23-6-2-1-3-16-31(23)24/h7-14,19H,1-6,15-17H2,(H,27,32)/t19-/m1/s1. The maximum absolute atomic E-state index is 13.2. The summed E-state index contributed by atoms with van der Waals surface area (Å²) in [6.45, 7) is 1.34. The van der Waals surface area contributed by atoms with E-state index in [0.29, 0.717) is 25.1 Å². The average Bonchev–Trinajstić information content (AvgIpc) is 3.12. The molecule has 3 heterocycles. The summed E-state index contributed by atoms with van der Waals surface area (Å²) < 4.78 is 42.6. The molecule has 0 radical (unpaired) electrons. The fraction of sp³-hybridized carbons (Fsp3) is 0.400. The first-order chi connectivity index (χ1) is 16.9. The topological polar surface area (TPSA) is 97.2 Å². The number of aryl methyl sites for hydroxylation is 1. The van der Waals surface area contributed by atoms with E-state index in [4.69, 9.17) is 0 Å². The van der Waals surface area contributed by atoms with Crippen LogP contribution in [0.1, 0.15) is 37.9 Å². The van der Waals surface area contributed by atoms with Crippen molar-refractivity contribution in [2.45, 2.75) is 50.0 Å². The minimum atomic E-state index is -3.79. The van der Waals surface area contributed by atoms with Gasteiger partial charge in [0.1, 0.15) is 11.6 Å². The molecule has 1 saturated heterocycles. The lowest BCUT2D eigenvalue weighted by atomic mass is 9.98. The number of nitrogens with one attached hydrogen (secondary N) is 1.